The first-order chi connectivity index (χ1) is 12.7. The van der Waals surface area contributed by atoms with Crippen LogP contribution in [0.5, 0.6) is 0 Å². The van der Waals surface area contributed by atoms with Gasteiger partial charge in [-0.3, -0.25) is 14.9 Å². The number of primary amides is 1. The number of nitrogens with one attached hydrogen (secondary N) is 2. The van der Waals surface area contributed by atoms with Gasteiger partial charge < -0.3 is 15.8 Å². The van der Waals surface area contributed by atoms with Crippen LogP contribution in [0.3, 0.4) is 0 Å². The summed E-state index contributed by atoms with van der Waals surface area (Å²) in [5.74, 6) is 0.165. The third-order valence-corrected chi connectivity index (χ3v) is 6.34. The number of hydrogen-bond donors (Lipinski definition) is 3. The van der Waals surface area contributed by atoms with E-state index in [1.54, 1.807) is 0 Å². The maximum atomic E-state index is 13.1. The number of nitrogens with two attached hydrogens (primary N) is 1. The number of ether oxygens (including phenoxy) is 1. The van der Waals surface area contributed by atoms with E-state index in [9.17, 15) is 19.2 Å². The van der Waals surface area contributed by atoms with Crippen molar-refractivity contribution in [2.75, 3.05) is 6.61 Å². The number of amides is 4. The lowest BCUT2D eigenvalue weighted by Gasteiger charge is -2.55. The normalized spacial score (nSPS) is 32.0. The molecule has 0 aromatic carbocycles. The van der Waals surface area contributed by atoms with Gasteiger partial charge in [-0.1, -0.05) is 13.8 Å². The quantitative estimate of drug-likeness (QED) is 0.595. The Balaban J connectivity index is 1.60. The Kier molecular flexibility index (Phi) is 5.44. The molecular formula is C19H29N3O5. The molecule has 4 fully saturated rings. The molecule has 4 saturated carbocycles. The number of urea groups is 1. The van der Waals surface area contributed by atoms with Crippen LogP contribution in [0, 0.1) is 29.1 Å². The molecule has 0 aromatic rings. The van der Waals surface area contributed by atoms with Gasteiger partial charge in [0.2, 0.25) is 5.91 Å². The molecule has 4 amide bonds. The predicted molar refractivity (Wildman–Crippen MR) is 96.1 cm³/mol. The molecule has 4 aliphatic carbocycles. The molecule has 0 aliphatic heterocycles. The van der Waals surface area contributed by atoms with Crippen molar-refractivity contribution in [2.45, 2.75) is 58.4 Å². The van der Waals surface area contributed by atoms with Gasteiger partial charge in [0.05, 0.1) is 0 Å². The van der Waals surface area contributed by atoms with E-state index in [1.165, 1.54) is 19.3 Å². The summed E-state index contributed by atoms with van der Waals surface area (Å²) in [4.78, 5) is 47.6. The highest BCUT2D eigenvalue weighted by Gasteiger charge is 2.55. The maximum Gasteiger partial charge on any atom is 0.329 e. The molecule has 0 heterocycles. The van der Waals surface area contributed by atoms with E-state index < -0.39 is 30.6 Å². The van der Waals surface area contributed by atoms with E-state index in [2.05, 4.69) is 5.32 Å². The lowest BCUT2D eigenvalue weighted by atomic mass is 9.49. The number of hydrogen-bond acceptors (Lipinski definition) is 5. The zero-order chi connectivity index (χ0) is 19.8. The van der Waals surface area contributed by atoms with E-state index in [1.807, 2.05) is 19.2 Å². The Hall–Kier alpha value is -2.12. The minimum atomic E-state index is -1.01. The Bertz CT molecular complexity index is 610. The summed E-state index contributed by atoms with van der Waals surface area (Å²) in [5, 5.41) is 4.73. The molecular weight excluding hydrogens is 350 g/mol. The Morgan fingerprint density at radius 1 is 1.04 bits per heavy atom. The van der Waals surface area contributed by atoms with E-state index in [-0.39, 0.29) is 17.2 Å². The second kappa shape index (κ2) is 7.48. The second-order valence-electron chi connectivity index (χ2n) is 8.91. The van der Waals surface area contributed by atoms with Crippen LogP contribution >= 0.6 is 0 Å². The first kappa shape index (κ1) is 19.6. The van der Waals surface area contributed by atoms with Crippen LogP contribution in [-0.2, 0) is 19.1 Å². The average molecular weight is 379 g/mol. The zero-order valence-corrected chi connectivity index (χ0v) is 16.0. The second-order valence-corrected chi connectivity index (χ2v) is 8.91. The fourth-order valence-electron chi connectivity index (χ4n) is 5.58. The van der Waals surface area contributed by atoms with Gasteiger partial charge in [-0.2, -0.15) is 0 Å². The third-order valence-electron chi connectivity index (χ3n) is 6.34. The standard InChI is InChI=1S/C19H29N3O5/c1-10(2)15(16(24)27-9-14(23)21-18(20)26)22-17(25)19-6-11-3-12(7-19)5-13(4-11)8-19/h10-13,15H,3-9H2,1-2H3,(H,22,25)(H3,20,21,23,26)/t11?,12?,13?,15-,19?/m1/s1. The SMILES string of the molecule is CC(C)[C@@H](NC(=O)C12CC3CC(CC(C3)C1)C2)C(=O)OCC(=O)NC(N)=O. The Labute approximate surface area is 158 Å². The molecule has 8 nitrogen and oxygen atoms in total. The Morgan fingerprint density at radius 2 is 1.56 bits per heavy atom. The van der Waals surface area contributed by atoms with Gasteiger partial charge in [-0.05, 0) is 62.2 Å². The zero-order valence-electron chi connectivity index (χ0n) is 16.0. The highest BCUT2D eigenvalue weighted by atomic mass is 16.5. The van der Waals surface area contributed by atoms with Crippen LogP contribution in [-0.4, -0.2) is 36.5 Å². The van der Waals surface area contributed by atoms with E-state index in [0.29, 0.717) is 17.8 Å². The molecule has 0 saturated heterocycles. The van der Waals surface area contributed by atoms with Gasteiger partial charge >= 0.3 is 12.0 Å². The summed E-state index contributed by atoms with van der Waals surface area (Å²) in [5.41, 5.74) is 4.49. The fourth-order valence-corrected chi connectivity index (χ4v) is 5.58. The molecule has 0 radical (unpaired) electrons. The highest BCUT2D eigenvalue weighted by Crippen LogP contribution is 2.60. The van der Waals surface area contributed by atoms with Gasteiger partial charge in [0.1, 0.15) is 6.04 Å². The largest absolute Gasteiger partial charge is 0.454 e. The molecule has 150 valence electrons. The molecule has 8 heteroatoms. The molecule has 1 atom stereocenters. The summed E-state index contributed by atoms with van der Waals surface area (Å²) in [6.07, 6.45) is 6.43. The molecule has 4 rings (SSSR count). The van der Waals surface area contributed by atoms with Crippen molar-refractivity contribution >= 4 is 23.8 Å². The van der Waals surface area contributed by atoms with Crippen molar-refractivity contribution in [1.29, 1.82) is 0 Å². The van der Waals surface area contributed by atoms with Crippen LogP contribution in [0.1, 0.15) is 52.4 Å². The van der Waals surface area contributed by atoms with Crippen LogP contribution in [0.25, 0.3) is 0 Å². The fraction of sp³-hybridized carbons (Fsp3) is 0.789. The minimum absolute atomic E-state index is 0.0566. The number of rotatable bonds is 6. The van der Waals surface area contributed by atoms with Crippen molar-refractivity contribution in [3.8, 4) is 0 Å². The predicted octanol–water partition coefficient (Wildman–Crippen LogP) is 1.08. The van der Waals surface area contributed by atoms with Crippen molar-refractivity contribution in [3.05, 3.63) is 0 Å². The molecule has 4 bridgehead atoms. The van der Waals surface area contributed by atoms with E-state index in [0.717, 1.165) is 19.3 Å². The van der Waals surface area contributed by atoms with Gasteiger partial charge in [0.15, 0.2) is 6.61 Å². The van der Waals surface area contributed by atoms with E-state index in [4.69, 9.17) is 10.5 Å². The molecule has 4 aliphatic rings. The number of carbonyl (C=O) groups is 4. The van der Waals surface area contributed by atoms with Crippen LogP contribution in [0.15, 0.2) is 0 Å². The minimum Gasteiger partial charge on any atom is -0.454 e. The van der Waals surface area contributed by atoms with Crippen molar-refractivity contribution in [2.24, 2.45) is 34.8 Å². The van der Waals surface area contributed by atoms with E-state index >= 15 is 0 Å². The lowest BCUT2D eigenvalue weighted by molar-refractivity contribution is -0.157. The van der Waals surface area contributed by atoms with Crippen LogP contribution < -0.4 is 16.4 Å². The molecule has 0 unspecified atom stereocenters. The topological polar surface area (TPSA) is 128 Å². The van der Waals surface area contributed by atoms with Crippen LogP contribution in [0.2, 0.25) is 0 Å². The number of imide groups is 1. The third kappa shape index (κ3) is 4.25. The summed E-state index contributed by atoms with van der Waals surface area (Å²) in [6, 6.07) is -1.83. The average Bonchev–Trinajstić information content (AvgIpc) is 2.55. The first-order valence-corrected chi connectivity index (χ1v) is 9.75. The summed E-state index contributed by atoms with van der Waals surface area (Å²) < 4.78 is 4.97. The lowest BCUT2D eigenvalue weighted by Crippen LogP contribution is -2.57. The van der Waals surface area contributed by atoms with Gasteiger partial charge in [-0.15, -0.1) is 0 Å². The maximum absolute atomic E-state index is 13.1. The summed E-state index contributed by atoms with van der Waals surface area (Å²) in [6.45, 7) is 3.02. The number of carbonyl (C=O) groups excluding carboxylic acids is 4. The number of esters is 1. The summed E-state index contributed by atoms with van der Waals surface area (Å²) in [7, 11) is 0. The first-order valence-electron chi connectivity index (χ1n) is 9.75. The molecule has 0 spiro atoms. The highest BCUT2D eigenvalue weighted by molar-refractivity contribution is 5.95. The monoisotopic (exact) mass is 379 g/mol. The van der Waals surface area contributed by atoms with Gasteiger partial charge in [-0.25, -0.2) is 9.59 Å². The van der Waals surface area contributed by atoms with Crippen molar-refractivity contribution in [1.82, 2.24) is 10.6 Å². The van der Waals surface area contributed by atoms with Crippen molar-refractivity contribution < 1.29 is 23.9 Å². The van der Waals surface area contributed by atoms with Crippen LogP contribution in [0.4, 0.5) is 4.79 Å². The van der Waals surface area contributed by atoms with Crippen molar-refractivity contribution in [3.63, 3.8) is 0 Å². The smallest absolute Gasteiger partial charge is 0.329 e. The van der Waals surface area contributed by atoms with Gasteiger partial charge in [0.25, 0.3) is 5.91 Å². The summed E-state index contributed by atoms with van der Waals surface area (Å²) >= 11 is 0. The molecule has 27 heavy (non-hydrogen) atoms. The Morgan fingerprint density at radius 3 is 2.00 bits per heavy atom. The van der Waals surface area contributed by atoms with Gasteiger partial charge in [0, 0.05) is 5.41 Å². The molecule has 4 N–H and O–H groups in total. The molecule has 0 aromatic heterocycles.